The fourth-order valence-electron chi connectivity index (χ4n) is 1.29. The summed E-state index contributed by atoms with van der Waals surface area (Å²) in [5, 5.41) is 7.41. The van der Waals surface area contributed by atoms with E-state index in [1.807, 2.05) is 16.7 Å². The highest BCUT2D eigenvalue weighted by Crippen LogP contribution is 2.05. The van der Waals surface area contributed by atoms with Crippen LogP contribution < -0.4 is 5.73 Å². The summed E-state index contributed by atoms with van der Waals surface area (Å²) < 4.78 is 1.85. The number of primary amides is 1. The van der Waals surface area contributed by atoms with Gasteiger partial charge in [-0.05, 0) is 17.7 Å². The van der Waals surface area contributed by atoms with Crippen molar-refractivity contribution in [3.8, 4) is 0 Å². The van der Waals surface area contributed by atoms with Crippen LogP contribution in [0.5, 0.6) is 0 Å². The summed E-state index contributed by atoms with van der Waals surface area (Å²) in [6.45, 7) is 0.687. The number of benzene rings is 1. The summed E-state index contributed by atoms with van der Waals surface area (Å²) in [4.78, 5) is 10.8. The number of amides is 1. The highest BCUT2D eigenvalue weighted by atomic mass is 16.1. The van der Waals surface area contributed by atoms with Gasteiger partial charge in [0.15, 0.2) is 0 Å². The number of hydrogen-bond donors (Lipinski definition) is 1. The summed E-state index contributed by atoms with van der Waals surface area (Å²) in [5.41, 5.74) is 6.72. The second-order valence-corrected chi connectivity index (χ2v) is 3.20. The Morgan fingerprint density at radius 2 is 1.80 bits per heavy atom. The third-order valence-electron chi connectivity index (χ3n) is 2.07. The Labute approximate surface area is 86.5 Å². The molecule has 0 radical (unpaired) electrons. The van der Waals surface area contributed by atoms with Gasteiger partial charge >= 0.3 is 0 Å². The van der Waals surface area contributed by atoms with Gasteiger partial charge in [0.2, 0.25) is 5.91 Å². The molecule has 0 saturated carbocycles. The van der Waals surface area contributed by atoms with Gasteiger partial charge < -0.3 is 10.3 Å². The van der Waals surface area contributed by atoms with Gasteiger partial charge in [-0.2, -0.15) is 0 Å². The standard InChI is InChI=1S/C10H10N4O/c11-10(15)9-3-1-8(2-4-9)5-14-6-12-13-7-14/h1-4,6-7H,5H2,(H2,11,15). The molecule has 0 bridgehead atoms. The van der Waals surface area contributed by atoms with Crippen molar-refractivity contribution in [2.75, 3.05) is 0 Å². The molecule has 0 aliphatic rings. The Bertz CT molecular complexity index is 447. The van der Waals surface area contributed by atoms with Crippen molar-refractivity contribution in [2.45, 2.75) is 6.54 Å². The van der Waals surface area contributed by atoms with Gasteiger partial charge in [-0.25, -0.2) is 0 Å². The first kappa shape index (κ1) is 9.39. The third-order valence-corrected chi connectivity index (χ3v) is 2.07. The molecule has 5 heteroatoms. The van der Waals surface area contributed by atoms with E-state index >= 15 is 0 Å². The lowest BCUT2D eigenvalue weighted by Crippen LogP contribution is -2.10. The van der Waals surface area contributed by atoms with Crippen LogP contribution in [0, 0.1) is 0 Å². The van der Waals surface area contributed by atoms with Crippen molar-refractivity contribution in [2.24, 2.45) is 5.73 Å². The molecule has 5 nitrogen and oxygen atoms in total. The fraction of sp³-hybridized carbons (Fsp3) is 0.100. The number of carbonyl (C=O) groups excluding carboxylic acids is 1. The zero-order valence-electron chi connectivity index (χ0n) is 8.00. The van der Waals surface area contributed by atoms with Gasteiger partial charge in [0.1, 0.15) is 12.7 Å². The molecule has 0 spiro atoms. The van der Waals surface area contributed by atoms with Crippen molar-refractivity contribution in [3.05, 3.63) is 48.0 Å². The van der Waals surface area contributed by atoms with Gasteiger partial charge in [0.05, 0.1) is 0 Å². The number of nitrogens with two attached hydrogens (primary N) is 1. The lowest BCUT2D eigenvalue weighted by molar-refractivity contribution is 0.100. The lowest BCUT2D eigenvalue weighted by atomic mass is 10.1. The molecule has 0 saturated heterocycles. The summed E-state index contributed by atoms with van der Waals surface area (Å²) in [7, 11) is 0. The van der Waals surface area contributed by atoms with Gasteiger partial charge in [0, 0.05) is 12.1 Å². The topological polar surface area (TPSA) is 73.8 Å². The van der Waals surface area contributed by atoms with Crippen LogP contribution in [0.15, 0.2) is 36.9 Å². The zero-order valence-corrected chi connectivity index (χ0v) is 8.00. The molecule has 0 aliphatic carbocycles. The molecule has 0 fully saturated rings. The molecule has 2 rings (SSSR count). The molecule has 2 aromatic rings. The van der Waals surface area contributed by atoms with Crippen molar-refractivity contribution < 1.29 is 4.79 Å². The van der Waals surface area contributed by atoms with E-state index in [1.54, 1.807) is 24.8 Å². The van der Waals surface area contributed by atoms with Crippen LogP contribution in [0.25, 0.3) is 0 Å². The van der Waals surface area contributed by atoms with Gasteiger partial charge in [0.25, 0.3) is 0 Å². The summed E-state index contributed by atoms with van der Waals surface area (Å²) in [6, 6.07) is 7.14. The summed E-state index contributed by atoms with van der Waals surface area (Å²) >= 11 is 0. The molecule has 2 N–H and O–H groups in total. The maximum absolute atomic E-state index is 10.8. The monoisotopic (exact) mass is 202 g/mol. The van der Waals surface area contributed by atoms with Crippen molar-refractivity contribution in [3.63, 3.8) is 0 Å². The zero-order chi connectivity index (χ0) is 10.7. The number of rotatable bonds is 3. The quantitative estimate of drug-likeness (QED) is 0.784. The van der Waals surface area contributed by atoms with Crippen molar-refractivity contribution in [1.29, 1.82) is 0 Å². The molecule has 1 aromatic heterocycles. The number of hydrogen-bond acceptors (Lipinski definition) is 3. The van der Waals surface area contributed by atoms with E-state index in [-0.39, 0.29) is 0 Å². The lowest BCUT2D eigenvalue weighted by Gasteiger charge is -2.02. The number of aromatic nitrogens is 3. The Hall–Kier alpha value is -2.17. The van der Waals surface area contributed by atoms with E-state index < -0.39 is 5.91 Å². The molecule has 0 aliphatic heterocycles. The average molecular weight is 202 g/mol. The van der Waals surface area contributed by atoms with Crippen molar-refractivity contribution >= 4 is 5.91 Å². The third kappa shape index (κ3) is 2.19. The Kier molecular flexibility index (Phi) is 2.45. The SMILES string of the molecule is NC(=O)c1ccc(Cn2cnnc2)cc1. The van der Waals surface area contributed by atoms with Crippen LogP contribution in [-0.4, -0.2) is 20.7 Å². The van der Waals surface area contributed by atoms with Crippen LogP contribution in [0.1, 0.15) is 15.9 Å². The van der Waals surface area contributed by atoms with Gasteiger partial charge in [-0.1, -0.05) is 12.1 Å². The first-order valence-electron chi connectivity index (χ1n) is 4.47. The largest absolute Gasteiger partial charge is 0.366 e. The predicted octanol–water partition coefficient (Wildman–Crippen LogP) is 0.425. The fourth-order valence-corrected chi connectivity index (χ4v) is 1.29. The van der Waals surface area contributed by atoms with E-state index in [0.717, 1.165) is 5.56 Å². The number of carbonyl (C=O) groups is 1. The number of nitrogens with zero attached hydrogens (tertiary/aromatic N) is 3. The molecule has 0 unspecified atom stereocenters. The molecule has 1 aromatic carbocycles. The highest BCUT2D eigenvalue weighted by molar-refractivity contribution is 5.92. The van der Waals surface area contributed by atoms with E-state index in [4.69, 9.17) is 5.73 Å². The van der Waals surface area contributed by atoms with E-state index in [9.17, 15) is 4.79 Å². The predicted molar refractivity (Wildman–Crippen MR) is 54.1 cm³/mol. The van der Waals surface area contributed by atoms with E-state index in [0.29, 0.717) is 12.1 Å². The molecular formula is C10H10N4O. The molecule has 1 heterocycles. The van der Waals surface area contributed by atoms with Crippen LogP contribution in [-0.2, 0) is 6.54 Å². The summed E-state index contributed by atoms with van der Waals surface area (Å²) in [6.07, 6.45) is 3.28. The first-order valence-corrected chi connectivity index (χ1v) is 4.47. The second-order valence-electron chi connectivity index (χ2n) is 3.20. The minimum Gasteiger partial charge on any atom is -0.366 e. The Morgan fingerprint density at radius 1 is 1.20 bits per heavy atom. The smallest absolute Gasteiger partial charge is 0.248 e. The van der Waals surface area contributed by atoms with Crippen LogP contribution in [0.2, 0.25) is 0 Å². The van der Waals surface area contributed by atoms with Crippen molar-refractivity contribution in [1.82, 2.24) is 14.8 Å². The first-order chi connectivity index (χ1) is 7.25. The minimum absolute atomic E-state index is 0.411. The second kappa shape index (κ2) is 3.91. The maximum atomic E-state index is 10.8. The molecule has 1 amide bonds. The molecular weight excluding hydrogens is 192 g/mol. The summed E-state index contributed by atoms with van der Waals surface area (Å²) in [5.74, 6) is -0.411. The van der Waals surface area contributed by atoms with Gasteiger partial charge in [-0.3, -0.25) is 4.79 Å². The van der Waals surface area contributed by atoms with Crippen LogP contribution in [0.3, 0.4) is 0 Å². The normalized spacial score (nSPS) is 10.1. The minimum atomic E-state index is -0.411. The molecule has 15 heavy (non-hydrogen) atoms. The van der Waals surface area contributed by atoms with Crippen LogP contribution in [0.4, 0.5) is 0 Å². The molecule has 0 atom stereocenters. The van der Waals surface area contributed by atoms with Gasteiger partial charge in [-0.15, -0.1) is 10.2 Å². The van der Waals surface area contributed by atoms with Crippen LogP contribution >= 0.6 is 0 Å². The van der Waals surface area contributed by atoms with E-state index in [2.05, 4.69) is 10.2 Å². The maximum Gasteiger partial charge on any atom is 0.248 e. The average Bonchev–Trinajstić information content (AvgIpc) is 2.71. The highest BCUT2D eigenvalue weighted by Gasteiger charge is 2.00. The Morgan fingerprint density at radius 3 is 2.33 bits per heavy atom. The van der Waals surface area contributed by atoms with E-state index in [1.165, 1.54) is 0 Å². The Balaban J connectivity index is 2.14. The molecule has 76 valence electrons.